The van der Waals surface area contributed by atoms with E-state index in [1.54, 1.807) is 18.2 Å². The van der Waals surface area contributed by atoms with E-state index in [0.717, 1.165) is 15.4 Å². The fourth-order valence-electron chi connectivity index (χ4n) is 4.76. The fourth-order valence-corrected chi connectivity index (χ4v) is 6.62. The van der Waals surface area contributed by atoms with E-state index in [2.05, 4.69) is 5.32 Å². The summed E-state index contributed by atoms with van der Waals surface area (Å²) in [6.45, 7) is 3.05. The summed E-state index contributed by atoms with van der Waals surface area (Å²) in [6.07, 6.45) is 0.764. The average molecular weight is 671 g/mol. The summed E-state index contributed by atoms with van der Waals surface area (Å²) in [4.78, 5) is 29.2. The zero-order valence-corrected chi connectivity index (χ0v) is 27.2. The third-order valence-electron chi connectivity index (χ3n) is 7.18. The number of hydrogen-bond acceptors (Lipinski definition) is 4. The SMILES string of the molecule is CCCNC(=O)C(Cc1ccccc1)N(Cc1ccccc1F)C(=O)CN(c1cc(Cl)ccc1Cl)S(=O)(=O)c1ccc(C)cc1. The third kappa shape index (κ3) is 8.63. The van der Waals surface area contributed by atoms with Crippen molar-refractivity contribution in [1.29, 1.82) is 0 Å². The van der Waals surface area contributed by atoms with Crippen molar-refractivity contribution in [3.63, 3.8) is 0 Å². The van der Waals surface area contributed by atoms with E-state index in [9.17, 15) is 22.4 Å². The maximum atomic E-state index is 15.0. The van der Waals surface area contributed by atoms with E-state index in [4.69, 9.17) is 23.2 Å². The van der Waals surface area contributed by atoms with Crippen molar-refractivity contribution in [3.8, 4) is 0 Å². The first-order chi connectivity index (χ1) is 21.5. The fraction of sp³-hybridized carbons (Fsp3) is 0.235. The molecule has 4 aromatic rings. The Labute approximate surface area is 273 Å². The number of carbonyl (C=O) groups is 2. The Morgan fingerprint density at radius 1 is 0.911 bits per heavy atom. The molecule has 2 amide bonds. The monoisotopic (exact) mass is 669 g/mol. The van der Waals surface area contributed by atoms with Crippen LogP contribution >= 0.6 is 23.2 Å². The Bertz CT molecular complexity index is 1740. The van der Waals surface area contributed by atoms with Gasteiger partial charge in [-0.3, -0.25) is 13.9 Å². The van der Waals surface area contributed by atoms with Crippen molar-refractivity contribution >= 4 is 50.7 Å². The van der Waals surface area contributed by atoms with Crippen LogP contribution in [0.4, 0.5) is 10.1 Å². The van der Waals surface area contributed by atoms with E-state index in [0.29, 0.717) is 13.0 Å². The van der Waals surface area contributed by atoms with E-state index < -0.39 is 40.2 Å². The maximum Gasteiger partial charge on any atom is 0.264 e. The smallest absolute Gasteiger partial charge is 0.264 e. The molecular weight excluding hydrogens is 636 g/mol. The predicted octanol–water partition coefficient (Wildman–Crippen LogP) is 6.80. The molecule has 1 N–H and O–H groups in total. The Morgan fingerprint density at radius 2 is 1.58 bits per heavy atom. The number of amides is 2. The first-order valence-electron chi connectivity index (χ1n) is 14.4. The number of nitrogens with zero attached hydrogens (tertiary/aromatic N) is 2. The molecule has 7 nitrogen and oxygen atoms in total. The molecule has 1 atom stereocenters. The van der Waals surface area contributed by atoms with Crippen LogP contribution in [0.5, 0.6) is 0 Å². The van der Waals surface area contributed by atoms with Crippen molar-refractivity contribution in [2.24, 2.45) is 0 Å². The van der Waals surface area contributed by atoms with E-state index in [1.165, 1.54) is 53.4 Å². The molecule has 0 radical (unpaired) electrons. The van der Waals surface area contributed by atoms with Gasteiger partial charge in [-0.25, -0.2) is 12.8 Å². The van der Waals surface area contributed by atoms with Crippen LogP contribution in [0.15, 0.2) is 102 Å². The lowest BCUT2D eigenvalue weighted by molar-refractivity contribution is -0.140. The van der Waals surface area contributed by atoms with Gasteiger partial charge in [-0.2, -0.15) is 0 Å². The molecule has 1 unspecified atom stereocenters. The molecule has 0 saturated carbocycles. The van der Waals surface area contributed by atoms with Gasteiger partial charge < -0.3 is 10.2 Å². The summed E-state index contributed by atoms with van der Waals surface area (Å²) in [5.74, 6) is -1.75. The number of hydrogen-bond donors (Lipinski definition) is 1. The standard InChI is InChI=1S/C34H34Cl2FN3O4S/c1-3-19-38-34(42)32(20-25-9-5-4-6-10-25)39(22-26-11-7-8-12-30(26)37)33(41)23-40(31-21-27(35)15-18-29(31)36)45(43,44)28-16-13-24(2)14-17-28/h4-18,21,32H,3,19-20,22-23H2,1-2H3,(H,38,42). The second-order valence-electron chi connectivity index (χ2n) is 10.5. The lowest BCUT2D eigenvalue weighted by Gasteiger charge is -2.34. The quantitative estimate of drug-likeness (QED) is 0.170. The van der Waals surface area contributed by atoms with E-state index in [-0.39, 0.29) is 39.2 Å². The first-order valence-corrected chi connectivity index (χ1v) is 16.6. The number of rotatable bonds is 13. The van der Waals surface area contributed by atoms with Gasteiger partial charge in [-0.1, -0.05) is 96.4 Å². The molecule has 4 aromatic carbocycles. The van der Waals surface area contributed by atoms with Crippen LogP contribution < -0.4 is 9.62 Å². The molecule has 236 valence electrons. The number of benzene rings is 4. The number of nitrogens with one attached hydrogen (secondary N) is 1. The Morgan fingerprint density at radius 3 is 2.24 bits per heavy atom. The molecule has 0 aliphatic carbocycles. The summed E-state index contributed by atoms with van der Waals surface area (Å²) in [5, 5.41) is 3.10. The topological polar surface area (TPSA) is 86.8 Å². The van der Waals surface area contributed by atoms with Crippen LogP contribution in [0.3, 0.4) is 0 Å². The molecule has 0 heterocycles. The second-order valence-corrected chi connectivity index (χ2v) is 13.2. The molecule has 4 rings (SSSR count). The molecule has 0 saturated heterocycles. The van der Waals surface area contributed by atoms with Gasteiger partial charge in [0, 0.05) is 30.1 Å². The number of aryl methyl sites for hydroxylation is 1. The van der Waals surface area contributed by atoms with Crippen LogP contribution in [-0.2, 0) is 32.6 Å². The summed E-state index contributed by atoms with van der Waals surface area (Å²) >= 11 is 12.8. The van der Waals surface area contributed by atoms with Gasteiger partial charge in [0.25, 0.3) is 10.0 Å². The first kappa shape index (κ1) is 34.0. The van der Waals surface area contributed by atoms with Gasteiger partial charge in [-0.05, 0) is 55.3 Å². The molecule has 11 heteroatoms. The van der Waals surface area contributed by atoms with Crippen LogP contribution in [0.25, 0.3) is 0 Å². The Balaban J connectivity index is 1.83. The van der Waals surface area contributed by atoms with Crippen LogP contribution in [-0.4, -0.2) is 44.3 Å². The highest BCUT2D eigenvalue weighted by molar-refractivity contribution is 7.92. The zero-order chi connectivity index (χ0) is 32.6. The Kier molecular flexibility index (Phi) is 11.6. The van der Waals surface area contributed by atoms with Crippen molar-refractivity contribution in [3.05, 3.63) is 130 Å². The van der Waals surface area contributed by atoms with Crippen molar-refractivity contribution in [2.75, 3.05) is 17.4 Å². The van der Waals surface area contributed by atoms with Gasteiger partial charge in [0.15, 0.2) is 0 Å². The van der Waals surface area contributed by atoms with Crippen LogP contribution in [0.2, 0.25) is 10.0 Å². The Hall–Kier alpha value is -3.92. The van der Waals surface area contributed by atoms with Gasteiger partial charge in [0.1, 0.15) is 18.4 Å². The number of sulfonamides is 1. The molecule has 0 aliphatic heterocycles. The average Bonchev–Trinajstić information content (AvgIpc) is 3.03. The normalized spacial score (nSPS) is 11.9. The second kappa shape index (κ2) is 15.4. The third-order valence-corrected chi connectivity index (χ3v) is 9.51. The summed E-state index contributed by atoms with van der Waals surface area (Å²) < 4.78 is 44.1. The minimum atomic E-state index is -4.37. The highest BCUT2D eigenvalue weighted by Gasteiger charge is 2.35. The molecule has 45 heavy (non-hydrogen) atoms. The van der Waals surface area contributed by atoms with Crippen LogP contribution in [0.1, 0.15) is 30.0 Å². The molecule has 0 spiro atoms. The summed E-state index contributed by atoms with van der Waals surface area (Å²) in [7, 11) is -4.37. The minimum absolute atomic E-state index is 0.0148. The summed E-state index contributed by atoms with van der Waals surface area (Å²) in [5.41, 5.74) is 1.76. The molecule has 0 aromatic heterocycles. The van der Waals surface area contributed by atoms with Gasteiger partial charge in [0.05, 0.1) is 15.6 Å². The van der Waals surface area contributed by atoms with Crippen molar-refractivity contribution in [2.45, 2.75) is 44.2 Å². The highest BCUT2D eigenvalue weighted by Crippen LogP contribution is 2.33. The van der Waals surface area contributed by atoms with Gasteiger partial charge in [0.2, 0.25) is 11.8 Å². The number of halogens is 3. The van der Waals surface area contributed by atoms with Crippen molar-refractivity contribution < 1.29 is 22.4 Å². The van der Waals surface area contributed by atoms with E-state index >= 15 is 0 Å². The number of carbonyl (C=O) groups excluding carboxylic acids is 2. The van der Waals surface area contributed by atoms with Gasteiger partial charge >= 0.3 is 0 Å². The maximum absolute atomic E-state index is 15.0. The molecule has 0 bridgehead atoms. The summed E-state index contributed by atoms with van der Waals surface area (Å²) in [6, 6.07) is 24.4. The van der Waals surface area contributed by atoms with Crippen LogP contribution in [0, 0.1) is 12.7 Å². The molecule has 0 fully saturated rings. The highest BCUT2D eigenvalue weighted by atomic mass is 35.5. The minimum Gasteiger partial charge on any atom is -0.354 e. The lowest BCUT2D eigenvalue weighted by Crippen LogP contribution is -2.53. The van der Waals surface area contributed by atoms with E-state index in [1.807, 2.05) is 44.2 Å². The number of anilines is 1. The predicted molar refractivity (Wildman–Crippen MR) is 176 cm³/mol. The molecular formula is C34H34Cl2FN3O4S. The lowest BCUT2D eigenvalue weighted by atomic mass is 10.0. The largest absolute Gasteiger partial charge is 0.354 e. The zero-order valence-electron chi connectivity index (χ0n) is 24.9. The van der Waals surface area contributed by atoms with Gasteiger partial charge in [-0.15, -0.1) is 0 Å². The van der Waals surface area contributed by atoms with Crippen molar-refractivity contribution in [1.82, 2.24) is 10.2 Å². The molecule has 0 aliphatic rings.